The Kier molecular flexibility index (Phi) is 3.68. The number of nitrogens with zero attached hydrogens (tertiary/aromatic N) is 1. The minimum Gasteiger partial charge on any atom is -0.386 e. The summed E-state index contributed by atoms with van der Waals surface area (Å²) < 4.78 is 14.2. The molecule has 0 aliphatic carbocycles. The SMILES string of the molecule is OC(Cc1ccc(Br)cc1F)c1nccs1. The first-order valence-electron chi connectivity index (χ1n) is 4.68. The zero-order valence-corrected chi connectivity index (χ0v) is 10.6. The van der Waals surface area contributed by atoms with Gasteiger partial charge in [0.25, 0.3) is 0 Å². The van der Waals surface area contributed by atoms with Gasteiger partial charge in [-0.05, 0) is 17.7 Å². The van der Waals surface area contributed by atoms with Crippen LogP contribution in [0.4, 0.5) is 4.39 Å². The summed E-state index contributed by atoms with van der Waals surface area (Å²) in [4.78, 5) is 4.00. The molecule has 1 N–H and O–H groups in total. The van der Waals surface area contributed by atoms with Gasteiger partial charge in [0.15, 0.2) is 0 Å². The van der Waals surface area contributed by atoms with Gasteiger partial charge in [0, 0.05) is 22.5 Å². The number of aliphatic hydroxyl groups excluding tert-OH is 1. The zero-order valence-electron chi connectivity index (χ0n) is 8.23. The van der Waals surface area contributed by atoms with Gasteiger partial charge < -0.3 is 5.11 Å². The molecule has 0 spiro atoms. The first-order valence-corrected chi connectivity index (χ1v) is 6.35. The molecule has 0 aliphatic heterocycles. The molecule has 0 saturated heterocycles. The highest BCUT2D eigenvalue weighted by molar-refractivity contribution is 9.10. The molecule has 2 aromatic rings. The first-order chi connectivity index (χ1) is 7.66. The number of rotatable bonds is 3. The number of halogens is 2. The van der Waals surface area contributed by atoms with Gasteiger partial charge in [-0.3, -0.25) is 0 Å². The Morgan fingerprint density at radius 3 is 2.94 bits per heavy atom. The van der Waals surface area contributed by atoms with Crippen molar-refractivity contribution in [2.75, 3.05) is 0 Å². The Morgan fingerprint density at radius 1 is 1.50 bits per heavy atom. The molecule has 1 aromatic heterocycles. The van der Waals surface area contributed by atoms with Crippen LogP contribution in [0.1, 0.15) is 16.7 Å². The van der Waals surface area contributed by atoms with Crippen molar-refractivity contribution in [3.63, 3.8) is 0 Å². The monoisotopic (exact) mass is 301 g/mol. The normalized spacial score (nSPS) is 12.7. The molecule has 0 radical (unpaired) electrons. The van der Waals surface area contributed by atoms with Crippen LogP contribution in [0, 0.1) is 5.82 Å². The highest BCUT2D eigenvalue weighted by Crippen LogP contribution is 2.23. The van der Waals surface area contributed by atoms with Gasteiger partial charge in [-0.1, -0.05) is 22.0 Å². The third-order valence-electron chi connectivity index (χ3n) is 2.16. The van der Waals surface area contributed by atoms with Gasteiger partial charge in [0.2, 0.25) is 0 Å². The molecular formula is C11H9BrFNOS. The second-order valence-electron chi connectivity index (χ2n) is 3.33. The summed E-state index contributed by atoms with van der Waals surface area (Å²) >= 11 is 4.55. The van der Waals surface area contributed by atoms with E-state index in [1.165, 1.54) is 17.4 Å². The summed E-state index contributed by atoms with van der Waals surface area (Å²) in [6.45, 7) is 0. The van der Waals surface area contributed by atoms with Crippen molar-refractivity contribution in [2.45, 2.75) is 12.5 Å². The third-order valence-corrected chi connectivity index (χ3v) is 3.53. The van der Waals surface area contributed by atoms with E-state index in [1.54, 1.807) is 23.7 Å². The van der Waals surface area contributed by atoms with Crippen LogP contribution < -0.4 is 0 Å². The predicted molar refractivity (Wildman–Crippen MR) is 64.9 cm³/mol. The highest BCUT2D eigenvalue weighted by Gasteiger charge is 2.13. The number of aliphatic hydroxyl groups is 1. The van der Waals surface area contributed by atoms with E-state index in [4.69, 9.17) is 0 Å². The number of benzene rings is 1. The molecule has 16 heavy (non-hydrogen) atoms. The largest absolute Gasteiger partial charge is 0.386 e. The van der Waals surface area contributed by atoms with E-state index >= 15 is 0 Å². The van der Waals surface area contributed by atoms with Gasteiger partial charge in [0.1, 0.15) is 16.9 Å². The maximum absolute atomic E-state index is 13.5. The molecule has 1 atom stereocenters. The quantitative estimate of drug-likeness (QED) is 0.943. The fraction of sp³-hybridized carbons (Fsp3) is 0.182. The predicted octanol–water partition coefficient (Wildman–Crippen LogP) is 3.32. The van der Waals surface area contributed by atoms with Crippen molar-refractivity contribution >= 4 is 27.3 Å². The van der Waals surface area contributed by atoms with Crippen LogP contribution in [-0.2, 0) is 6.42 Å². The molecule has 1 aromatic carbocycles. The van der Waals surface area contributed by atoms with Crippen LogP contribution in [0.2, 0.25) is 0 Å². The van der Waals surface area contributed by atoms with Crippen molar-refractivity contribution in [3.05, 3.63) is 50.6 Å². The molecule has 1 unspecified atom stereocenters. The molecule has 84 valence electrons. The second-order valence-corrected chi connectivity index (χ2v) is 5.17. The fourth-order valence-electron chi connectivity index (χ4n) is 1.38. The molecule has 1 heterocycles. The second kappa shape index (κ2) is 5.03. The number of hydrogen-bond donors (Lipinski definition) is 1. The minimum absolute atomic E-state index is 0.243. The van der Waals surface area contributed by atoms with Crippen molar-refractivity contribution < 1.29 is 9.50 Å². The maximum Gasteiger partial charge on any atom is 0.127 e. The van der Waals surface area contributed by atoms with E-state index in [9.17, 15) is 9.50 Å². The smallest absolute Gasteiger partial charge is 0.127 e. The lowest BCUT2D eigenvalue weighted by Crippen LogP contribution is -2.03. The molecule has 2 rings (SSSR count). The van der Waals surface area contributed by atoms with Crippen LogP contribution in [0.15, 0.2) is 34.2 Å². The van der Waals surface area contributed by atoms with E-state index in [0.29, 0.717) is 15.0 Å². The van der Waals surface area contributed by atoms with E-state index < -0.39 is 6.10 Å². The minimum atomic E-state index is -0.740. The summed E-state index contributed by atoms with van der Waals surface area (Å²) in [6, 6.07) is 4.81. The first kappa shape index (κ1) is 11.7. The van der Waals surface area contributed by atoms with Crippen molar-refractivity contribution in [1.29, 1.82) is 0 Å². The average Bonchev–Trinajstić information content (AvgIpc) is 2.75. The van der Waals surface area contributed by atoms with Crippen LogP contribution in [-0.4, -0.2) is 10.1 Å². The lowest BCUT2D eigenvalue weighted by Gasteiger charge is -2.08. The van der Waals surface area contributed by atoms with Gasteiger partial charge >= 0.3 is 0 Å². The van der Waals surface area contributed by atoms with E-state index in [0.717, 1.165) is 0 Å². The Bertz CT molecular complexity index is 475. The van der Waals surface area contributed by atoms with Gasteiger partial charge in [-0.15, -0.1) is 11.3 Å². The van der Waals surface area contributed by atoms with Crippen molar-refractivity contribution in [1.82, 2.24) is 4.98 Å². The molecule has 0 amide bonds. The summed E-state index contributed by atoms with van der Waals surface area (Å²) in [5, 5.41) is 12.2. The van der Waals surface area contributed by atoms with Crippen LogP contribution >= 0.6 is 27.3 Å². The van der Waals surface area contributed by atoms with Crippen LogP contribution in [0.25, 0.3) is 0 Å². The molecule has 0 aliphatic rings. The van der Waals surface area contributed by atoms with Gasteiger partial charge in [-0.25, -0.2) is 9.37 Å². The topological polar surface area (TPSA) is 33.1 Å². The Morgan fingerprint density at radius 2 is 2.31 bits per heavy atom. The molecular weight excluding hydrogens is 293 g/mol. The Balaban J connectivity index is 2.15. The number of aromatic nitrogens is 1. The van der Waals surface area contributed by atoms with Crippen molar-refractivity contribution in [2.24, 2.45) is 0 Å². The Labute approximate surface area is 105 Å². The zero-order chi connectivity index (χ0) is 11.5. The average molecular weight is 302 g/mol. The highest BCUT2D eigenvalue weighted by atomic mass is 79.9. The van der Waals surface area contributed by atoms with E-state index in [2.05, 4.69) is 20.9 Å². The van der Waals surface area contributed by atoms with Crippen LogP contribution in [0.3, 0.4) is 0 Å². The standard InChI is InChI=1S/C11H9BrFNOS/c12-8-2-1-7(9(13)6-8)5-10(15)11-14-3-4-16-11/h1-4,6,10,15H,5H2. The summed E-state index contributed by atoms with van der Waals surface area (Å²) in [5.74, 6) is -0.315. The van der Waals surface area contributed by atoms with Crippen molar-refractivity contribution in [3.8, 4) is 0 Å². The third kappa shape index (κ3) is 2.66. The number of thiazole rings is 1. The molecule has 0 saturated carbocycles. The summed E-state index contributed by atoms with van der Waals surface area (Å²) in [7, 11) is 0. The van der Waals surface area contributed by atoms with Gasteiger partial charge in [0.05, 0.1) is 0 Å². The summed E-state index contributed by atoms with van der Waals surface area (Å²) in [6.07, 6.45) is 1.13. The van der Waals surface area contributed by atoms with Gasteiger partial charge in [-0.2, -0.15) is 0 Å². The summed E-state index contributed by atoms with van der Waals surface area (Å²) in [5.41, 5.74) is 0.492. The molecule has 2 nitrogen and oxygen atoms in total. The van der Waals surface area contributed by atoms with E-state index in [-0.39, 0.29) is 12.2 Å². The lowest BCUT2D eigenvalue weighted by molar-refractivity contribution is 0.176. The molecule has 0 fully saturated rings. The van der Waals surface area contributed by atoms with Crippen LogP contribution in [0.5, 0.6) is 0 Å². The maximum atomic E-state index is 13.5. The Hall–Kier alpha value is -0.780. The van der Waals surface area contributed by atoms with E-state index in [1.807, 2.05) is 0 Å². The molecule has 0 bridgehead atoms. The molecule has 5 heteroatoms. The fourth-order valence-corrected chi connectivity index (χ4v) is 2.34. The number of hydrogen-bond acceptors (Lipinski definition) is 3. The lowest BCUT2D eigenvalue weighted by atomic mass is 10.1.